The van der Waals surface area contributed by atoms with Gasteiger partial charge in [0, 0.05) is 44.8 Å². The number of Topliss-reactive ketones (excluding diaryl/α,β-unsaturated/α-hetero) is 1. The van der Waals surface area contributed by atoms with Crippen LogP contribution in [0.3, 0.4) is 0 Å². The molecule has 2 saturated heterocycles. The summed E-state index contributed by atoms with van der Waals surface area (Å²) < 4.78 is 5.87. The molecule has 2 fully saturated rings. The quantitative estimate of drug-likeness (QED) is 0.405. The Bertz CT molecular complexity index is 780. The van der Waals surface area contributed by atoms with Crippen molar-refractivity contribution in [1.82, 2.24) is 4.90 Å². The molecule has 3 aliphatic rings. The van der Waals surface area contributed by atoms with Crippen LogP contribution in [0, 0.1) is 23.7 Å². The number of likely N-dealkylation sites (tertiary alicyclic amines) is 1. The molecule has 1 aliphatic carbocycles. The lowest BCUT2D eigenvalue weighted by Gasteiger charge is -2.45. The molecule has 144 valence electrons. The highest BCUT2D eigenvalue weighted by Crippen LogP contribution is 2.42. The Labute approximate surface area is 160 Å². The van der Waals surface area contributed by atoms with Crippen molar-refractivity contribution in [1.29, 1.82) is 0 Å². The van der Waals surface area contributed by atoms with Crippen LogP contribution in [0.1, 0.15) is 53.4 Å². The van der Waals surface area contributed by atoms with Gasteiger partial charge in [-0.25, -0.2) is 0 Å². The standard InChI is InChI=1S/C22H27NO4/c1-5-6-17-11-14(2)19(15(3)12-17)20-18(25)13-22(27-21(20)26)7-9-23(10-8-22)16(4)24/h11,15,20H,7-10,12-13H2,1-4H3. The molecule has 0 aromatic heterocycles. The number of nitrogens with zero attached hydrogens (tertiary/aromatic N) is 1. The van der Waals surface area contributed by atoms with Crippen molar-refractivity contribution >= 4 is 17.7 Å². The molecule has 1 amide bonds. The van der Waals surface area contributed by atoms with E-state index in [2.05, 4.69) is 11.8 Å². The third-order valence-corrected chi connectivity index (χ3v) is 5.99. The van der Waals surface area contributed by atoms with Crippen LogP contribution in [-0.2, 0) is 19.1 Å². The predicted octanol–water partition coefficient (Wildman–Crippen LogP) is 2.81. The van der Waals surface area contributed by atoms with E-state index >= 15 is 0 Å². The molecule has 0 aromatic rings. The average molecular weight is 369 g/mol. The highest BCUT2D eigenvalue weighted by molar-refractivity contribution is 6.04. The van der Waals surface area contributed by atoms with Crippen molar-refractivity contribution in [2.45, 2.75) is 59.0 Å². The second-order valence-electron chi connectivity index (χ2n) is 7.97. The number of piperidine rings is 1. The molecule has 0 saturated carbocycles. The minimum absolute atomic E-state index is 0.0192. The molecular formula is C22H27NO4. The number of amides is 1. The van der Waals surface area contributed by atoms with Crippen LogP contribution < -0.4 is 0 Å². The molecule has 2 unspecified atom stereocenters. The topological polar surface area (TPSA) is 63.7 Å². The van der Waals surface area contributed by atoms with Crippen molar-refractivity contribution < 1.29 is 19.1 Å². The van der Waals surface area contributed by atoms with Gasteiger partial charge < -0.3 is 9.64 Å². The van der Waals surface area contributed by atoms with Crippen LogP contribution in [0.5, 0.6) is 0 Å². The van der Waals surface area contributed by atoms with Crippen LogP contribution in [0.15, 0.2) is 22.8 Å². The SMILES string of the molecule is CC#CC1=CC(C)=C(C2C(=O)CC3(CCN(C(C)=O)CC3)OC2=O)C(C)C1. The van der Waals surface area contributed by atoms with E-state index in [-0.39, 0.29) is 24.0 Å². The Kier molecular flexibility index (Phi) is 5.28. The van der Waals surface area contributed by atoms with Gasteiger partial charge in [0.05, 0.1) is 0 Å². The van der Waals surface area contributed by atoms with E-state index in [9.17, 15) is 14.4 Å². The zero-order chi connectivity index (χ0) is 19.8. The van der Waals surface area contributed by atoms with Crippen LogP contribution in [0.25, 0.3) is 0 Å². The smallest absolute Gasteiger partial charge is 0.321 e. The average Bonchev–Trinajstić information content (AvgIpc) is 2.57. The number of ketones is 1. The number of carbonyl (C=O) groups is 3. The highest BCUT2D eigenvalue weighted by atomic mass is 16.6. The summed E-state index contributed by atoms with van der Waals surface area (Å²) in [5.41, 5.74) is 2.13. The summed E-state index contributed by atoms with van der Waals surface area (Å²) in [4.78, 5) is 39.2. The Morgan fingerprint density at radius 3 is 2.48 bits per heavy atom. The third-order valence-electron chi connectivity index (χ3n) is 5.99. The summed E-state index contributed by atoms with van der Waals surface area (Å²) in [7, 11) is 0. The van der Waals surface area contributed by atoms with Gasteiger partial charge in [-0.05, 0) is 43.4 Å². The summed E-state index contributed by atoms with van der Waals surface area (Å²) in [6, 6.07) is 0. The maximum absolute atomic E-state index is 13.0. The normalized spacial score (nSPS) is 27.7. The summed E-state index contributed by atoms with van der Waals surface area (Å²) in [6.45, 7) is 8.38. The van der Waals surface area contributed by atoms with Gasteiger partial charge in [0.25, 0.3) is 0 Å². The molecule has 0 bridgehead atoms. The van der Waals surface area contributed by atoms with Gasteiger partial charge in [-0.3, -0.25) is 14.4 Å². The first kappa shape index (κ1) is 19.4. The monoisotopic (exact) mass is 369 g/mol. The lowest BCUT2D eigenvalue weighted by molar-refractivity contribution is -0.181. The molecule has 5 heteroatoms. The van der Waals surface area contributed by atoms with Gasteiger partial charge in [0.15, 0.2) is 5.78 Å². The second kappa shape index (κ2) is 7.34. The van der Waals surface area contributed by atoms with E-state index in [0.29, 0.717) is 25.9 Å². The van der Waals surface area contributed by atoms with Gasteiger partial charge in [0.2, 0.25) is 5.91 Å². The molecule has 1 spiro atoms. The zero-order valence-electron chi connectivity index (χ0n) is 16.6. The first-order valence-corrected chi connectivity index (χ1v) is 9.61. The number of hydrogen-bond acceptors (Lipinski definition) is 4. The fourth-order valence-corrected chi connectivity index (χ4v) is 4.66. The molecule has 0 N–H and O–H groups in total. The molecule has 2 heterocycles. The Morgan fingerprint density at radius 1 is 1.30 bits per heavy atom. The molecule has 5 nitrogen and oxygen atoms in total. The van der Waals surface area contributed by atoms with Gasteiger partial charge in [-0.1, -0.05) is 12.8 Å². The van der Waals surface area contributed by atoms with E-state index in [0.717, 1.165) is 23.1 Å². The van der Waals surface area contributed by atoms with Gasteiger partial charge in [0.1, 0.15) is 11.5 Å². The summed E-state index contributed by atoms with van der Waals surface area (Å²) in [6.07, 6.45) is 4.02. The number of ether oxygens (including phenoxy) is 1. The Morgan fingerprint density at radius 2 is 1.96 bits per heavy atom. The van der Waals surface area contributed by atoms with Crippen molar-refractivity contribution in [2.24, 2.45) is 11.8 Å². The molecule has 0 radical (unpaired) electrons. The summed E-state index contributed by atoms with van der Waals surface area (Å²) >= 11 is 0. The Balaban J connectivity index is 1.82. The van der Waals surface area contributed by atoms with E-state index in [4.69, 9.17) is 4.74 Å². The van der Waals surface area contributed by atoms with E-state index in [1.54, 1.807) is 11.8 Å². The lowest BCUT2D eigenvalue weighted by atomic mass is 9.72. The fraction of sp³-hybridized carbons (Fsp3) is 0.591. The summed E-state index contributed by atoms with van der Waals surface area (Å²) in [5.74, 6) is 4.83. The molecule has 2 atom stereocenters. The second-order valence-corrected chi connectivity index (χ2v) is 7.97. The van der Waals surface area contributed by atoms with Gasteiger partial charge >= 0.3 is 5.97 Å². The fourth-order valence-electron chi connectivity index (χ4n) is 4.66. The third kappa shape index (κ3) is 3.71. The molecule has 2 aliphatic heterocycles. The predicted molar refractivity (Wildman–Crippen MR) is 101 cm³/mol. The zero-order valence-corrected chi connectivity index (χ0v) is 16.6. The minimum atomic E-state index is -0.802. The first-order valence-electron chi connectivity index (χ1n) is 9.61. The number of hydrogen-bond donors (Lipinski definition) is 0. The first-order chi connectivity index (χ1) is 12.8. The maximum atomic E-state index is 13.0. The lowest BCUT2D eigenvalue weighted by Crippen LogP contribution is -2.54. The van der Waals surface area contributed by atoms with E-state index < -0.39 is 17.5 Å². The highest BCUT2D eigenvalue weighted by Gasteiger charge is 2.50. The number of carbonyl (C=O) groups excluding carboxylic acids is 3. The molecule has 3 rings (SSSR count). The van der Waals surface area contributed by atoms with Crippen molar-refractivity contribution in [3.63, 3.8) is 0 Å². The van der Waals surface area contributed by atoms with Gasteiger partial charge in [-0.15, -0.1) is 5.92 Å². The van der Waals surface area contributed by atoms with Crippen molar-refractivity contribution in [2.75, 3.05) is 13.1 Å². The van der Waals surface area contributed by atoms with Crippen LogP contribution in [0.4, 0.5) is 0 Å². The van der Waals surface area contributed by atoms with E-state index in [1.807, 2.05) is 19.9 Å². The van der Waals surface area contributed by atoms with E-state index in [1.165, 1.54) is 6.92 Å². The van der Waals surface area contributed by atoms with Crippen LogP contribution in [-0.4, -0.2) is 41.3 Å². The molecular weight excluding hydrogens is 342 g/mol. The maximum Gasteiger partial charge on any atom is 0.321 e. The summed E-state index contributed by atoms with van der Waals surface area (Å²) in [5, 5.41) is 0. The largest absolute Gasteiger partial charge is 0.458 e. The Hall–Kier alpha value is -2.35. The van der Waals surface area contributed by atoms with Gasteiger partial charge in [-0.2, -0.15) is 0 Å². The minimum Gasteiger partial charge on any atom is -0.458 e. The molecule has 0 aromatic carbocycles. The van der Waals surface area contributed by atoms with Crippen LogP contribution >= 0.6 is 0 Å². The number of allylic oxidation sites excluding steroid dienone is 3. The van der Waals surface area contributed by atoms with Crippen molar-refractivity contribution in [3.8, 4) is 11.8 Å². The van der Waals surface area contributed by atoms with Crippen LogP contribution in [0.2, 0.25) is 0 Å². The number of rotatable bonds is 1. The van der Waals surface area contributed by atoms with Crippen molar-refractivity contribution in [3.05, 3.63) is 22.8 Å². The molecule has 27 heavy (non-hydrogen) atoms. The number of esters is 1.